The second-order valence-corrected chi connectivity index (χ2v) is 5.17. The monoisotopic (exact) mass is 234 g/mol. The molecule has 0 spiro atoms. The van der Waals surface area contributed by atoms with E-state index in [-0.39, 0.29) is 0 Å². The number of rotatable bonds is 2. The highest BCUT2D eigenvalue weighted by Gasteiger charge is 2.24. The van der Waals surface area contributed by atoms with Crippen molar-refractivity contribution in [2.24, 2.45) is 17.6 Å². The summed E-state index contributed by atoms with van der Waals surface area (Å²) in [4.78, 5) is 11.3. The summed E-state index contributed by atoms with van der Waals surface area (Å²) >= 11 is 0. The lowest BCUT2D eigenvalue weighted by Gasteiger charge is -2.35. The number of aromatic nitrogens is 2. The molecule has 0 aliphatic carbocycles. The zero-order chi connectivity index (χ0) is 12.4. The van der Waals surface area contributed by atoms with Crippen molar-refractivity contribution in [1.82, 2.24) is 9.97 Å². The Morgan fingerprint density at radius 2 is 2.18 bits per heavy atom. The van der Waals surface area contributed by atoms with Crippen molar-refractivity contribution in [3.63, 3.8) is 0 Å². The molecule has 2 unspecified atom stereocenters. The molecule has 1 aliphatic rings. The molecule has 1 aromatic rings. The van der Waals surface area contributed by atoms with Gasteiger partial charge in [-0.05, 0) is 25.2 Å². The van der Waals surface area contributed by atoms with Crippen molar-refractivity contribution in [3.8, 4) is 0 Å². The fourth-order valence-electron chi connectivity index (χ4n) is 2.28. The number of anilines is 1. The quantitative estimate of drug-likeness (QED) is 0.846. The molecule has 0 bridgehead atoms. The molecule has 4 nitrogen and oxygen atoms in total. The zero-order valence-corrected chi connectivity index (χ0v) is 11.0. The van der Waals surface area contributed by atoms with E-state index in [1.54, 1.807) is 0 Å². The minimum absolute atomic E-state index is 0.513. The molecule has 2 N–H and O–H groups in total. The lowest BCUT2D eigenvalue weighted by molar-refractivity contribution is 0.321. The van der Waals surface area contributed by atoms with Gasteiger partial charge >= 0.3 is 0 Å². The van der Waals surface area contributed by atoms with Gasteiger partial charge in [0.05, 0.1) is 0 Å². The van der Waals surface area contributed by atoms with E-state index in [1.807, 2.05) is 13.1 Å². The summed E-state index contributed by atoms with van der Waals surface area (Å²) in [5, 5.41) is 0. The van der Waals surface area contributed by atoms with Gasteiger partial charge in [0.25, 0.3) is 0 Å². The molecule has 0 amide bonds. The molecule has 1 aliphatic heterocycles. The molecule has 0 saturated carbocycles. The molecule has 2 rings (SSSR count). The summed E-state index contributed by atoms with van der Waals surface area (Å²) in [5.74, 6) is 2.37. The van der Waals surface area contributed by atoms with Crippen molar-refractivity contribution in [2.75, 3.05) is 18.0 Å². The van der Waals surface area contributed by atoms with Gasteiger partial charge in [-0.2, -0.15) is 0 Å². The lowest BCUT2D eigenvalue weighted by atomic mass is 9.89. The third-order valence-corrected chi connectivity index (χ3v) is 3.91. The van der Waals surface area contributed by atoms with Crippen molar-refractivity contribution in [3.05, 3.63) is 17.5 Å². The van der Waals surface area contributed by atoms with Gasteiger partial charge < -0.3 is 10.6 Å². The van der Waals surface area contributed by atoms with Gasteiger partial charge in [0.1, 0.15) is 0 Å². The summed E-state index contributed by atoms with van der Waals surface area (Å²) in [6.07, 6.45) is 3.09. The first-order chi connectivity index (χ1) is 8.11. The van der Waals surface area contributed by atoms with Crippen LogP contribution in [0.2, 0.25) is 0 Å². The predicted octanol–water partition coefficient (Wildman–Crippen LogP) is 1.73. The molecule has 2 atom stereocenters. The highest BCUT2D eigenvalue weighted by Crippen LogP contribution is 2.25. The second-order valence-electron chi connectivity index (χ2n) is 5.17. The standard InChI is InChI=1S/C13H22N4/c1-9-4-5-17(8-10(9)2)13-15-7-12(6-14)11(3)16-13/h7,9-10H,4-6,8,14H2,1-3H3. The maximum absolute atomic E-state index is 5.63. The Balaban J connectivity index is 2.15. The largest absolute Gasteiger partial charge is 0.341 e. The molecule has 1 fully saturated rings. The minimum Gasteiger partial charge on any atom is -0.341 e. The maximum atomic E-state index is 5.63. The highest BCUT2D eigenvalue weighted by molar-refractivity contribution is 5.33. The number of hydrogen-bond acceptors (Lipinski definition) is 4. The van der Waals surface area contributed by atoms with Crippen molar-refractivity contribution in [2.45, 2.75) is 33.7 Å². The van der Waals surface area contributed by atoms with Crippen LogP contribution in [0.5, 0.6) is 0 Å². The van der Waals surface area contributed by atoms with E-state index in [2.05, 4.69) is 28.7 Å². The van der Waals surface area contributed by atoms with E-state index in [0.29, 0.717) is 12.5 Å². The normalized spacial score (nSPS) is 25.1. The van der Waals surface area contributed by atoms with Crippen LogP contribution in [0.4, 0.5) is 5.95 Å². The molecule has 1 saturated heterocycles. The van der Waals surface area contributed by atoms with E-state index in [0.717, 1.165) is 36.2 Å². The van der Waals surface area contributed by atoms with Crippen LogP contribution in [-0.4, -0.2) is 23.1 Å². The van der Waals surface area contributed by atoms with E-state index in [9.17, 15) is 0 Å². The van der Waals surface area contributed by atoms with Crippen LogP contribution in [0.1, 0.15) is 31.5 Å². The van der Waals surface area contributed by atoms with Gasteiger partial charge in [-0.3, -0.25) is 0 Å². The van der Waals surface area contributed by atoms with Gasteiger partial charge in [-0.15, -0.1) is 0 Å². The molecular formula is C13H22N4. The fraction of sp³-hybridized carbons (Fsp3) is 0.692. The number of piperidine rings is 1. The van der Waals surface area contributed by atoms with Crippen LogP contribution >= 0.6 is 0 Å². The lowest BCUT2D eigenvalue weighted by Crippen LogP contribution is -2.39. The van der Waals surface area contributed by atoms with Gasteiger partial charge in [0.15, 0.2) is 0 Å². The summed E-state index contributed by atoms with van der Waals surface area (Å²) < 4.78 is 0. The molecule has 0 radical (unpaired) electrons. The Morgan fingerprint density at radius 3 is 2.76 bits per heavy atom. The molecule has 2 heterocycles. The predicted molar refractivity (Wildman–Crippen MR) is 69.8 cm³/mol. The SMILES string of the molecule is Cc1nc(N2CCC(C)C(C)C2)ncc1CN. The average Bonchev–Trinajstić information content (AvgIpc) is 2.32. The third kappa shape index (κ3) is 2.57. The van der Waals surface area contributed by atoms with Crippen LogP contribution < -0.4 is 10.6 Å². The second kappa shape index (κ2) is 5.00. The number of nitrogens with two attached hydrogens (primary N) is 1. The van der Waals surface area contributed by atoms with Crippen LogP contribution in [-0.2, 0) is 6.54 Å². The Morgan fingerprint density at radius 1 is 1.41 bits per heavy atom. The smallest absolute Gasteiger partial charge is 0.225 e. The summed E-state index contributed by atoms with van der Waals surface area (Å²) in [7, 11) is 0. The van der Waals surface area contributed by atoms with E-state index >= 15 is 0 Å². The Labute approximate surface area is 103 Å². The Bertz CT molecular complexity index is 391. The van der Waals surface area contributed by atoms with Gasteiger partial charge in [0, 0.05) is 37.1 Å². The first-order valence-corrected chi connectivity index (χ1v) is 6.39. The van der Waals surface area contributed by atoms with Crippen LogP contribution in [0.3, 0.4) is 0 Å². The van der Waals surface area contributed by atoms with Gasteiger partial charge in [0.2, 0.25) is 5.95 Å². The minimum atomic E-state index is 0.513. The summed E-state index contributed by atoms with van der Waals surface area (Å²) in [6, 6.07) is 0. The zero-order valence-electron chi connectivity index (χ0n) is 11.0. The summed E-state index contributed by atoms with van der Waals surface area (Å²) in [5.41, 5.74) is 7.66. The van der Waals surface area contributed by atoms with Crippen LogP contribution in [0.15, 0.2) is 6.20 Å². The number of aryl methyl sites for hydroxylation is 1. The van der Waals surface area contributed by atoms with Crippen LogP contribution in [0, 0.1) is 18.8 Å². The Kier molecular flexibility index (Phi) is 3.62. The molecular weight excluding hydrogens is 212 g/mol. The maximum Gasteiger partial charge on any atom is 0.225 e. The van der Waals surface area contributed by atoms with Crippen molar-refractivity contribution < 1.29 is 0 Å². The summed E-state index contributed by atoms with van der Waals surface area (Å²) in [6.45, 7) is 9.27. The van der Waals surface area contributed by atoms with Crippen LogP contribution in [0.25, 0.3) is 0 Å². The van der Waals surface area contributed by atoms with E-state index in [1.165, 1.54) is 6.42 Å². The van der Waals surface area contributed by atoms with Gasteiger partial charge in [-0.25, -0.2) is 9.97 Å². The van der Waals surface area contributed by atoms with E-state index in [4.69, 9.17) is 5.73 Å². The third-order valence-electron chi connectivity index (χ3n) is 3.91. The first-order valence-electron chi connectivity index (χ1n) is 6.39. The van der Waals surface area contributed by atoms with E-state index < -0.39 is 0 Å². The number of nitrogens with zero attached hydrogens (tertiary/aromatic N) is 3. The molecule has 17 heavy (non-hydrogen) atoms. The van der Waals surface area contributed by atoms with Crippen molar-refractivity contribution in [1.29, 1.82) is 0 Å². The molecule has 0 aromatic carbocycles. The topological polar surface area (TPSA) is 55.0 Å². The Hall–Kier alpha value is -1.16. The molecule has 1 aromatic heterocycles. The van der Waals surface area contributed by atoms with Gasteiger partial charge in [-0.1, -0.05) is 13.8 Å². The molecule has 4 heteroatoms. The average molecular weight is 234 g/mol. The molecule has 94 valence electrons. The number of hydrogen-bond donors (Lipinski definition) is 1. The first kappa shape index (κ1) is 12.3. The van der Waals surface area contributed by atoms with Crippen molar-refractivity contribution >= 4 is 5.95 Å². The fourth-order valence-corrected chi connectivity index (χ4v) is 2.28. The highest BCUT2D eigenvalue weighted by atomic mass is 15.3.